The van der Waals surface area contributed by atoms with Crippen molar-refractivity contribution in [2.45, 2.75) is 19.2 Å². The molecule has 0 aliphatic rings. The van der Waals surface area contributed by atoms with Crippen molar-refractivity contribution in [2.24, 2.45) is 0 Å². The second-order valence-electron chi connectivity index (χ2n) is 1.22. The minimum absolute atomic E-state index is 0. The van der Waals surface area contributed by atoms with Gasteiger partial charge in [0.15, 0.2) is 0 Å². The lowest BCUT2D eigenvalue weighted by atomic mass is 10.4. The van der Waals surface area contributed by atoms with E-state index in [4.69, 9.17) is 5.11 Å². The monoisotopic (exact) mass is 150 g/mol. The zero-order valence-corrected chi connectivity index (χ0v) is 4.88. The van der Waals surface area contributed by atoms with Gasteiger partial charge in [-0.15, -0.1) is 12.4 Å². The largest absolute Gasteiger partial charge is 0.414 e. The number of hydrogen-bond acceptors (Lipinski definition) is 1. The highest BCUT2D eigenvalue weighted by Gasteiger charge is 2.33. The third-order valence-corrected chi connectivity index (χ3v) is 0.474. The van der Waals surface area contributed by atoms with Crippen LogP contribution >= 0.6 is 12.4 Å². The summed E-state index contributed by atoms with van der Waals surface area (Å²) in [6, 6.07) is 0. The molecule has 0 aromatic rings. The molecular formula is C3H6ClF3O. The van der Waals surface area contributed by atoms with Crippen LogP contribution in [0.1, 0.15) is 6.92 Å². The van der Waals surface area contributed by atoms with Crippen LogP contribution in [-0.4, -0.2) is 17.4 Å². The van der Waals surface area contributed by atoms with E-state index in [1.807, 2.05) is 0 Å². The van der Waals surface area contributed by atoms with Gasteiger partial charge in [-0.05, 0) is 6.92 Å². The Balaban J connectivity index is 0. The fourth-order valence-corrected chi connectivity index (χ4v) is 0. The molecule has 1 nitrogen and oxygen atoms in total. The van der Waals surface area contributed by atoms with Gasteiger partial charge in [0.1, 0.15) is 6.10 Å². The first-order valence-corrected chi connectivity index (χ1v) is 1.69. The molecule has 0 bridgehead atoms. The molecule has 0 heterocycles. The molecule has 1 atom stereocenters. The first kappa shape index (κ1) is 10.9. The molecule has 1 N–H and O–H groups in total. The van der Waals surface area contributed by atoms with Crippen molar-refractivity contribution >= 4 is 12.4 Å². The van der Waals surface area contributed by atoms with E-state index in [9.17, 15) is 13.2 Å². The number of alkyl halides is 3. The maximum absolute atomic E-state index is 10.9. The van der Waals surface area contributed by atoms with Crippen molar-refractivity contribution in [1.29, 1.82) is 0 Å². The van der Waals surface area contributed by atoms with Crippen LogP contribution in [0.25, 0.3) is 0 Å². The molecule has 0 aliphatic carbocycles. The van der Waals surface area contributed by atoms with Gasteiger partial charge in [-0.25, -0.2) is 0 Å². The van der Waals surface area contributed by atoms with E-state index in [1.54, 1.807) is 0 Å². The minimum atomic E-state index is -4.44. The number of hydrogen-bond donors (Lipinski definition) is 1. The van der Waals surface area contributed by atoms with Crippen LogP contribution in [0, 0.1) is 0 Å². The van der Waals surface area contributed by atoms with Crippen molar-refractivity contribution in [3.63, 3.8) is 0 Å². The van der Waals surface area contributed by atoms with Gasteiger partial charge in [0.25, 0.3) is 0 Å². The highest BCUT2D eigenvalue weighted by molar-refractivity contribution is 5.85. The molecule has 0 aromatic carbocycles. The van der Waals surface area contributed by atoms with E-state index in [-0.39, 0.29) is 12.4 Å². The molecule has 0 aliphatic heterocycles. The predicted molar refractivity (Wildman–Crippen MR) is 25.0 cm³/mol. The minimum Gasteiger partial charge on any atom is -0.384 e. The summed E-state index contributed by atoms with van der Waals surface area (Å²) in [5.41, 5.74) is 0. The quantitative estimate of drug-likeness (QED) is 0.553. The summed E-state index contributed by atoms with van der Waals surface area (Å²) >= 11 is 0. The van der Waals surface area contributed by atoms with Crippen molar-refractivity contribution in [1.82, 2.24) is 0 Å². The number of aliphatic hydroxyl groups is 1. The van der Waals surface area contributed by atoms with Crippen LogP contribution < -0.4 is 0 Å². The van der Waals surface area contributed by atoms with Gasteiger partial charge < -0.3 is 5.11 Å². The van der Waals surface area contributed by atoms with Gasteiger partial charge in [0, 0.05) is 0 Å². The van der Waals surface area contributed by atoms with Gasteiger partial charge in [-0.3, -0.25) is 0 Å². The van der Waals surface area contributed by atoms with E-state index < -0.39 is 12.3 Å². The van der Waals surface area contributed by atoms with Crippen LogP contribution in [0.2, 0.25) is 0 Å². The lowest BCUT2D eigenvalue weighted by Gasteiger charge is -2.06. The summed E-state index contributed by atoms with van der Waals surface area (Å²) in [5, 5.41) is 7.76. The van der Waals surface area contributed by atoms with Gasteiger partial charge in [0.05, 0.1) is 0 Å². The number of halogens is 4. The molecule has 0 saturated heterocycles. The average molecular weight is 151 g/mol. The molecule has 0 rings (SSSR count). The average Bonchev–Trinajstić information content (AvgIpc) is 1.31. The smallest absolute Gasteiger partial charge is 0.384 e. The third kappa shape index (κ3) is 4.21. The summed E-state index contributed by atoms with van der Waals surface area (Å²) in [5.74, 6) is 0. The summed E-state index contributed by atoms with van der Waals surface area (Å²) in [7, 11) is 0. The maximum atomic E-state index is 10.9. The third-order valence-electron chi connectivity index (χ3n) is 0.474. The zero-order valence-electron chi connectivity index (χ0n) is 4.07. The van der Waals surface area contributed by atoms with Gasteiger partial charge in [-0.1, -0.05) is 0 Å². The number of rotatable bonds is 0. The maximum Gasteiger partial charge on any atom is 0.414 e. The first-order valence-electron chi connectivity index (χ1n) is 1.69. The van der Waals surface area contributed by atoms with Gasteiger partial charge in [-0.2, -0.15) is 13.2 Å². The Morgan fingerprint density at radius 3 is 1.50 bits per heavy atom. The molecule has 5 heteroatoms. The van der Waals surface area contributed by atoms with Crippen LogP contribution in [-0.2, 0) is 0 Å². The standard InChI is InChI=1S/C3H5F3O.ClH/c1-2(7)3(4,5)6;/h2,7H,1H3;1H. The van der Waals surface area contributed by atoms with Crippen LogP contribution in [0.5, 0.6) is 0 Å². The lowest BCUT2D eigenvalue weighted by Crippen LogP contribution is -2.24. The van der Waals surface area contributed by atoms with E-state index in [2.05, 4.69) is 0 Å². The fourth-order valence-electron chi connectivity index (χ4n) is 0. The molecule has 0 radical (unpaired) electrons. The molecule has 52 valence electrons. The summed E-state index contributed by atoms with van der Waals surface area (Å²) in [6.45, 7) is 0.681. The van der Waals surface area contributed by atoms with Crippen LogP contribution in [0.4, 0.5) is 13.2 Å². The van der Waals surface area contributed by atoms with Gasteiger partial charge in [0.2, 0.25) is 0 Å². The highest BCUT2D eigenvalue weighted by atomic mass is 35.5. The SMILES string of the molecule is CC(O)C(F)(F)F.Cl. The summed E-state index contributed by atoms with van der Waals surface area (Å²) < 4.78 is 32.8. The Morgan fingerprint density at radius 2 is 1.50 bits per heavy atom. The Morgan fingerprint density at radius 1 is 1.38 bits per heavy atom. The normalized spacial score (nSPS) is 14.6. The van der Waals surface area contributed by atoms with Crippen molar-refractivity contribution in [2.75, 3.05) is 0 Å². The molecule has 8 heavy (non-hydrogen) atoms. The van der Waals surface area contributed by atoms with E-state index in [0.717, 1.165) is 0 Å². The number of aliphatic hydroxyl groups excluding tert-OH is 1. The highest BCUT2D eigenvalue weighted by Crippen LogP contribution is 2.18. The second-order valence-corrected chi connectivity index (χ2v) is 1.22. The topological polar surface area (TPSA) is 20.2 Å². The Bertz CT molecular complexity index is 60.0. The zero-order chi connectivity index (χ0) is 6.08. The Labute approximate surface area is 50.9 Å². The molecule has 0 saturated carbocycles. The fraction of sp³-hybridized carbons (Fsp3) is 1.00. The molecule has 0 spiro atoms. The van der Waals surface area contributed by atoms with Crippen LogP contribution in [0.15, 0.2) is 0 Å². The van der Waals surface area contributed by atoms with E-state index in [1.165, 1.54) is 0 Å². The van der Waals surface area contributed by atoms with E-state index in [0.29, 0.717) is 6.92 Å². The van der Waals surface area contributed by atoms with E-state index >= 15 is 0 Å². The molecule has 1 unspecified atom stereocenters. The van der Waals surface area contributed by atoms with Crippen molar-refractivity contribution in [3.05, 3.63) is 0 Å². The first-order chi connectivity index (χ1) is 2.94. The predicted octanol–water partition coefficient (Wildman–Crippen LogP) is 1.35. The van der Waals surface area contributed by atoms with Crippen molar-refractivity contribution < 1.29 is 18.3 Å². The molecule has 0 amide bonds. The molecular weight excluding hydrogens is 144 g/mol. The molecule has 0 aromatic heterocycles. The van der Waals surface area contributed by atoms with Gasteiger partial charge >= 0.3 is 6.18 Å². The van der Waals surface area contributed by atoms with Crippen molar-refractivity contribution in [3.8, 4) is 0 Å². The Kier molecular flexibility index (Phi) is 4.29. The summed E-state index contributed by atoms with van der Waals surface area (Å²) in [4.78, 5) is 0. The van der Waals surface area contributed by atoms with Crippen LogP contribution in [0.3, 0.4) is 0 Å². The second kappa shape index (κ2) is 3.14. The summed E-state index contributed by atoms with van der Waals surface area (Å²) in [6.07, 6.45) is -6.65. The molecule has 0 fully saturated rings. The lowest BCUT2D eigenvalue weighted by molar-refractivity contribution is -0.197. The Hall–Kier alpha value is 0.0400.